The first-order valence-corrected chi connectivity index (χ1v) is 13.8. The molecule has 1 saturated heterocycles. The standard InChI is InChI=1S/C27H24ClN3O5S/c28-19-6-8-20(9-7-19)37(33,34)26-21-3-1-2-4-22(21)29-25(26)27(32)31-13-11-30(12-14-31)16-18-5-10-23-24(15-18)36-17-35-23/h1-10,15,29H,11-14,16-17H2. The minimum Gasteiger partial charge on any atom is -0.454 e. The van der Waals surface area contributed by atoms with E-state index in [4.69, 9.17) is 21.1 Å². The second-order valence-electron chi connectivity index (χ2n) is 9.09. The molecule has 1 amide bonds. The fourth-order valence-corrected chi connectivity index (χ4v) is 6.57. The van der Waals surface area contributed by atoms with Crippen molar-refractivity contribution >= 4 is 38.2 Å². The number of H-pyrrole nitrogens is 1. The predicted octanol–water partition coefficient (Wildman–Crippen LogP) is 4.34. The summed E-state index contributed by atoms with van der Waals surface area (Å²) in [6.07, 6.45) is 0. The van der Waals surface area contributed by atoms with E-state index in [1.807, 2.05) is 18.2 Å². The summed E-state index contributed by atoms with van der Waals surface area (Å²) in [5.74, 6) is 1.17. The number of carbonyl (C=O) groups excluding carboxylic acids is 1. The van der Waals surface area contributed by atoms with Crippen LogP contribution >= 0.6 is 11.6 Å². The molecule has 3 aromatic carbocycles. The Morgan fingerprint density at radius 2 is 1.65 bits per heavy atom. The van der Waals surface area contributed by atoms with Crippen molar-refractivity contribution in [3.8, 4) is 11.5 Å². The van der Waals surface area contributed by atoms with E-state index in [9.17, 15) is 13.2 Å². The van der Waals surface area contributed by atoms with Gasteiger partial charge in [0.1, 0.15) is 10.6 Å². The smallest absolute Gasteiger partial charge is 0.271 e. The number of aromatic amines is 1. The zero-order valence-corrected chi connectivity index (χ0v) is 21.4. The molecule has 0 bridgehead atoms. The highest BCUT2D eigenvalue weighted by molar-refractivity contribution is 7.91. The SMILES string of the molecule is O=C(c1[nH]c2ccccc2c1S(=O)(=O)c1ccc(Cl)cc1)N1CCN(Cc2ccc3c(c2)OCO3)CC1. The molecule has 6 rings (SSSR count). The van der Waals surface area contributed by atoms with Crippen LogP contribution in [-0.2, 0) is 16.4 Å². The topological polar surface area (TPSA) is 91.9 Å². The monoisotopic (exact) mass is 537 g/mol. The Morgan fingerprint density at radius 1 is 0.919 bits per heavy atom. The Morgan fingerprint density at radius 3 is 2.43 bits per heavy atom. The molecule has 0 radical (unpaired) electrons. The van der Waals surface area contributed by atoms with Crippen LogP contribution in [0.3, 0.4) is 0 Å². The Bertz CT molecular complexity index is 1590. The third-order valence-electron chi connectivity index (χ3n) is 6.77. The third kappa shape index (κ3) is 4.43. The summed E-state index contributed by atoms with van der Waals surface area (Å²) >= 11 is 5.98. The summed E-state index contributed by atoms with van der Waals surface area (Å²) in [4.78, 5) is 20.8. The van der Waals surface area contributed by atoms with Gasteiger partial charge in [-0.25, -0.2) is 8.42 Å². The van der Waals surface area contributed by atoms with Crippen LogP contribution in [0.15, 0.2) is 76.5 Å². The molecule has 2 aliphatic rings. The maximum Gasteiger partial charge on any atom is 0.271 e. The number of hydrogen-bond donors (Lipinski definition) is 1. The van der Waals surface area contributed by atoms with Crippen LogP contribution in [0.5, 0.6) is 11.5 Å². The van der Waals surface area contributed by atoms with E-state index in [0.29, 0.717) is 42.1 Å². The van der Waals surface area contributed by atoms with Crippen LogP contribution in [0, 0.1) is 0 Å². The number of amides is 1. The number of fused-ring (bicyclic) bond motifs is 2. The second-order valence-corrected chi connectivity index (χ2v) is 11.4. The lowest BCUT2D eigenvalue weighted by atomic mass is 10.1. The zero-order valence-electron chi connectivity index (χ0n) is 19.8. The van der Waals surface area contributed by atoms with Gasteiger partial charge < -0.3 is 19.4 Å². The number of benzene rings is 3. The fourth-order valence-electron chi connectivity index (χ4n) is 4.84. The molecule has 0 unspecified atom stereocenters. The third-order valence-corrected chi connectivity index (χ3v) is 8.87. The molecular weight excluding hydrogens is 514 g/mol. The maximum absolute atomic E-state index is 13.7. The molecule has 0 saturated carbocycles. The number of rotatable bonds is 5. The van der Waals surface area contributed by atoms with E-state index in [1.54, 1.807) is 29.2 Å². The zero-order chi connectivity index (χ0) is 25.6. The van der Waals surface area contributed by atoms with Crippen molar-refractivity contribution in [2.75, 3.05) is 33.0 Å². The first-order chi connectivity index (χ1) is 17.9. The van der Waals surface area contributed by atoms with Gasteiger partial charge in [-0.05, 0) is 48.0 Å². The number of nitrogens with one attached hydrogen (secondary N) is 1. The molecule has 1 aromatic heterocycles. The number of nitrogens with zero attached hydrogens (tertiary/aromatic N) is 2. The quantitative estimate of drug-likeness (QED) is 0.407. The number of halogens is 1. The molecule has 0 spiro atoms. The molecule has 3 heterocycles. The van der Waals surface area contributed by atoms with Crippen molar-refractivity contribution < 1.29 is 22.7 Å². The van der Waals surface area contributed by atoms with Crippen LogP contribution in [0.2, 0.25) is 5.02 Å². The van der Waals surface area contributed by atoms with Gasteiger partial charge in [-0.1, -0.05) is 35.9 Å². The van der Waals surface area contributed by atoms with Gasteiger partial charge >= 0.3 is 0 Å². The molecule has 1 N–H and O–H groups in total. The average molecular weight is 538 g/mol. The fraction of sp³-hybridized carbons (Fsp3) is 0.222. The molecule has 0 aliphatic carbocycles. The molecule has 1 fully saturated rings. The lowest BCUT2D eigenvalue weighted by molar-refractivity contribution is 0.0620. The molecule has 0 atom stereocenters. The van der Waals surface area contributed by atoms with Crippen molar-refractivity contribution in [1.82, 2.24) is 14.8 Å². The summed E-state index contributed by atoms with van der Waals surface area (Å²) in [6.45, 7) is 3.27. The summed E-state index contributed by atoms with van der Waals surface area (Å²) < 4.78 is 38.3. The second kappa shape index (κ2) is 9.41. The highest BCUT2D eigenvalue weighted by atomic mass is 35.5. The number of sulfone groups is 1. The van der Waals surface area contributed by atoms with Crippen LogP contribution in [-0.4, -0.2) is 62.1 Å². The molecule has 37 heavy (non-hydrogen) atoms. The summed E-state index contributed by atoms with van der Waals surface area (Å²) in [5.41, 5.74) is 1.79. The Balaban J connectivity index is 1.24. The van der Waals surface area contributed by atoms with E-state index < -0.39 is 9.84 Å². The minimum absolute atomic E-state index is 0.00166. The van der Waals surface area contributed by atoms with Gasteiger partial charge in [0.2, 0.25) is 16.6 Å². The molecule has 8 nitrogen and oxygen atoms in total. The normalized spacial score (nSPS) is 15.9. The number of hydrogen-bond acceptors (Lipinski definition) is 6. The number of carbonyl (C=O) groups is 1. The molecule has 2 aliphatic heterocycles. The van der Waals surface area contributed by atoms with Crippen molar-refractivity contribution in [3.05, 3.63) is 83.0 Å². The molecule has 190 valence electrons. The number of para-hydroxylation sites is 1. The first-order valence-electron chi connectivity index (χ1n) is 11.9. The highest BCUT2D eigenvalue weighted by Gasteiger charge is 2.32. The Labute approximate surface area is 219 Å². The van der Waals surface area contributed by atoms with Gasteiger partial charge in [0.15, 0.2) is 11.5 Å². The van der Waals surface area contributed by atoms with Crippen molar-refractivity contribution in [3.63, 3.8) is 0 Å². The molecule has 4 aromatic rings. The van der Waals surface area contributed by atoms with Crippen molar-refractivity contribution in [1.29, 1.82) is 0 Å². The first kappa shape index (κ1) is 23.8. The van der Waals surface area contributed by atoms with E-state index in [2.05, 4.69) is 9.88 Å². The van der Waals surface area contributed by atoms with E-state index in [0.717, 1.165) is 23.6 Å². The van der Waals surface area contributed by atoms with Gasteiger partial charge in [-0.3, -0.25) is 9.69 Å². The van der Waals surface area contributed by atoms with Gasteiger partial charge in [-0.15, -0.1) is 0 Å². The number of piperazine rings is 1. The predicted molar refractivity (Wildman–Crippen MR) is 139 cm³/mol. The lowest BCUT2D eigenvalue weighted by Crippen LogP contribution is -2.48. The summed E-state index contributed by atoms with van der Waals surface area (Å²) in [7, 11) is -3.98. The van der Waals surface area contributed by atoms with Crippen molar-refractivity contribution in [2.45, 2.75) is 16.3 Å². The average Bonchev–Trinajstić information content (AvgIpc) is 3.54. The highest BCUT2D eigenvalue weighted by Crippen LogP contribution is 2.34. The summed E-state index contributed by atoms with van der Waals surface area (Å²) in [6, 6.07) is 19.0. The minimum atomic E-state index is -3.98. The largest absolute Gasteiger partial charge is 0.454 e. The van der Waals surface area contributed by atoms with Gasteiger partial charge in [-0.2, -0.15) is 0 Å². The van der Waals surface area contributed by atoms with Crippen LogP contribution in [0.1, 0.15) is 16.1 Å². The van der Waals surface area contributed by atoms with E-state index >= 15 is 0 Å². The number of aromatic nitrogens is 1. The van der Waals surface area contributed by atoms with Crippen LogP contribution in [0.4, 0.5) is 0 Å². The van der Waals surface area contributed by atoms with Gasteiger partial charge in [0.05, 0.1) is 4.90 Å². The van der Waals surface area contributed by atoms with E-state index in [-0.39, 0.29) is 28.2 Å². The molecular formula is C27H24ClN3O5S. The summed E-state index contributed by atoms with van der Waals surface area (Å²) in [5, 5.41) is 0.926. The van der Waals surface area contributed by atoms with Gasteiger partial charge in [0.25, 0.3) is 5.91 Å². The Kier molecular flexibility index (Phi) is 6.06. The van der Waals surface area contributed by atoms with Crippen LogP contribution in [0.25, 0.3) is 10.9 Å². The lowest BCUT2D eigenvalue weighted by Gasteiger charge is -2.34. The Hall–Kier alpha value is -3.53. The van der Waals surface area contributed by atoms with Crippen LogP contribution < -0.4 is 9.47 Å². The van der Waals surface area contributed by atoms with Crippen molar-refractivity contribution in [2.24, 2.45) is 0 Å². The number of ether oxygens (including phenoxy) is 2. The van der Waals surface area contributed by atoms with E-state index in [1.165, 1.54) is 24.3 Å². The maximum atomic E-state index is 13.7. The van der Waals surface area contributed by atoms with Gasteiger partial charge in [0, 0.05) is 48.6 Å². The molecule has 10 heteroatoms.